The van der Waals surface area contributed by atoms with Gasteiger partial charge in [-0.15, -0.1) is 0 Å². The maximum absolute atomic E-state index is 6.32. The second kappa shape index (κ2) is 6.03. The van der Waals surface area contributed by atoms with Gasteiger partial charge in [0.05, 0.1) is 0 Å². The summed E-state index contributed by atoms with van der Waals surface area (Å²) in [6.07, 6.45) is 5.41. The molecule has 0 aromatic heterocycles. The fourth-order valence-corrected chi connectivity index (χ4v) is 6.60. The number of nitrogens with zero attached hydrogens (tertiary/aromatic N) is 2. The summed E-state index contributed by atoms with van der Waals surface area (Å²) in [6, 6.07) is 0.828. The topological polar surface area (TPSA) is 32.5 Å². The monoisotopic (exact) mass is 311 g/mol. The van der Waals surface area contributed by atoms with Gasteiger partial charge in [-0.05, 0) is 56.4 Å². The molecule has 0 aromatic rings. The quantitative estimate of drug-likeness (QED) is 0.848. The standard InChI is InChI=1S/C17H33N3S/c1-16(2)10-17(11-18,13-21-12-16)20-8-6-15-14(9-20)5-4-7-19(15)3/h14-15H,4-13,18H2,1-3H3. The maximum atomic E-state index is 6.32. The smallest absolute Gasteiger partial charge is 0.0427 e. The first kappa shape index (κ1) is 16.1. The van der Waals surface area contributed by atoms with Crippen LogP contribution in [0.1, 0.15) is 39.5 Å². The average Bonchev–Trinajstić information content (AvgIpc) is 2.46. The Bertz CT molecular complexity index is 373. The van der Waals surface area contributed by atoms with Gasteiger partial charge in [0.15, 0.2) is 0 Å². The lowest BCUT2D eigenvalue weighted by atomic mass is 9.76. The molecule has 0 radical (unpaired) electrons. The van der Waals surface area contributed by atoms with E-state index in [1.807, 2.05) is 0 Å². The van der Waals surface area contributed by atoms with Crippen molar-refractivity contribution < 1.29 is 0 Å². The number of fused-ring (bicyclic) bond motifs is 1. The molecule has 122 valence electrons. The molecule has 3 atom stereocenters. The third-order valence-electron chi connectivity index (χ3n) is 6.07. The van der Waals surface area contributed by atoms with E-state index in [0.717, 1.165) is 18.5 Å². The molecule has 3 fully saturated rings. The molecule has 21 heavy (non-hydrogen) atoms. The molecule has 3 rings (SSSR count). The van der Waals surface area contributed by atoms with Crippen molar-refractivity contribution in [3.05, 3.63) is 0 Å². The van der Waals surface area contributed by atoms with E-state index in [1.165, 1.54) is 56.8 Å². The van der Waals surface area contributed by atoms with Crippen LogP contribution in [0.15, 0.2) is 0 Å². The van der Waals surface area contributed by atoms with Crippen LogP contribution in [0.25, 0.3) is 0 Å². The molecule has 3 unspecified atom stereocenters. The van der Waals surface area contributed by atoms with Gasteiger partial charge in [0.25, 0.3) is 0 Å². The minimum Gasteiger partial charge on any atom is -0.329 e. The fraction of sp³-hybridized carbons (Fsp3) is 1.00. The third kappa shape index (κ3) is 3.15. The second-order valence-electron chi connectivity index (χ2n) is 8.45. The molecule has 3 heterocycles. The van der Waals surface area contributed by atoms with Gasteiger partial charge in [-0.2, -0.15) is 11.8 Å². The van der Waals surface area contributed by atoms with Gasteiger partial charge in [0.1, 0.15) is 0 Å². The number of likely N-dealkylation sites (tertiary alicyclic amines) is 2. The van der Waals surface area contributed by atoms with E-state index >= 15 is 0 Å². The van der Waals surface area contributed by atoms with Crippen LogP contribution < -0.4 is 5.73 Å². The van der Waals surface area contributed by atoms with Crippen molar-refractivity contribution in [1.82, 2.24) is 9.80 Å². The normalized spacial score (nSPS) is 41.7. The Kier molecular flexibility index (Phi) is 4.62. The van der Waals surface area contributed by atoms with Crippen molar-refractivity contribution in [2.75, 3.05) is 44.7 Å². The highest BCUT2D eigenvalue weighted by Gasteiger charge is 2.47. The van der Waals surface area contributed by atoms with Crippen LogP contribution >= 0.6 is 11.8 Å². The molecule has 0 amide bonds. The van der Waals surface area contributed by atoms with Crippen LogP contribution in [0, 0.1) is 11.3 Å². The van der Waals surface area contributed by atoms with Crippen LogP contribution in [0.2, 0.25) is 0 Å². The molecule has 3 saturated heterocycles. The average molecular weight is 312 g/mol. The summed E-state index contributed by atoms with van der Waals surface area (Å²) in [7, 11) is 2.32. The van der Waals surface area contributed by atoms with Crippen molar-refractivity contribution in [1.29, 1.82) is 0 Å². The number of rotatable bonds is 2. The summed E-state index contributed by atoms with van der Waals surface area (Å²) in [5.74, 6) is 3.40. The Morgan fingerprint density at radius 1 is 1.19 bits per heavy atom. The molecule has 3 aliphatic heterocycles. The van der Waals surface area contributed by atoms with Crippen LogP contribution in [0.5, 0.6) is 0 Å². The van der Waals surface area contributed by atoms with Crippen LogP contribution in [-0.4, -0.2) is 66.1 Å². The Morgan fingerprint density at radius 2 is 2.00 bits per heavy atom. The number of piperidine rings is 2. The van der Waals surface area contributed by atoms with Gasteiger partial charge < -0.3 is 10.6 Å². The van der Waals surface area contributed by atoms with Gasteiger partial charge >= 0.3 is 0 Å². The second-order valence-corrected chi connectivity index (χ2v) is 9.43. The lowest BCUT2D eigenvalue weighted by molar-refractivity contribution is -0.0209. The van der Waals surface area contributed by atoms with E-state index in [9.17, 15) is 0 Å². The first-order chi connectivity index (χ1) is 9.96. The van der Waals surface area contributed by atoms with E-state index in [-0.39, 0.29) is 5.54 Å². The van der Waals surface area contributed by atoms with Crippen molar-refractivity contribution in [2.45, 2.75) is 51.1 Å². The number of nitrogens with two attached hydrogens (primary N) is 1. The van der Waals surface area contributed by atoms with E-state index in [4.69, 9.17) is 5.73 Å². The maximum Gasteiger partial charge on any atom is 0.0427 e. The van der Waals surface area contributed by atoms with Crippen LogP contribution in [0.4, 0.5) is 0 Å². The number of hydrogen-bond acceptors (Lipinski definition) is 4. The zero-order valence-corrected chi connectivity index (χ0v) is 14.9. The fourth-order valence-electron chi connectivity index (χ4n) is 5.06. The predicted octanol–water partition coefficient (Wildman–Crippen LogP) is 2.26. The van der Waals surface area contributed by atoms with E-state index in [2.05, 4.69) is 42.5 Å². The summed E-state index contributed by atoms with van der Waals surface area (Å²) >= 11 is 2.12. The van der Waals surface area contributed by atoms with Crippen molar-refractivity contribution in [3.63, 3.8) is 0 Å². The van der Waals surface area contributed by atoms with Gasteiger partial charge in [-0.25, -0.2) is 0 Å². The molecule has 0 spiro atoms. The van der Waals surface area contributed by atoms with Crippen molar-refractivity contribution in [3.8, 4) is 0 Å². The zero-order valence-electron chi connectivity index (χ0n) is 14.1. The molecule has 0 aliphatic carbocycles. The molecule has 3 aliphatic rings. The Morgan fingerprint density at radius 3 is 2.71 bits per heavy atom. The van der Waals surface area contributed by atoms with Gasteiger partial charge in [-0.1, -0.05) is 13.8 Å². The van der Waals surface area contributed by atoms with Gasteiger partial charge in [-0.3, -0.25) is 4.90 Å². The Hall–Kier alpha value is 0.230. The van der Waals surface area contributed by atoms with Crippen molar-refractivity contribution >= 4 is 11.8 Å². The number of hydrogen-bond donors (Lipinski definition) is 1. The Labute approximate surface area is 135 Å². The molecule has 0 saturated carbocycles. The highest BCUT2D eigenvalue weighted by Crippen LogP contribution is 2.44. The summed E-state index contributed by atoms with van der Waals surface area (Å²) in [5, 5.41) is 0. The zero-order chi connectivity index (χ0) is 15.1. The summed E-state index contributed by atoms with van der Waals surface area (Å²) in [6.45, 7) is 9.50. The first-order valence-corrected chi connectivity index (χ1v) is 9.84. The van der Waals surface area contributed by atoms with Gasteiger partial charge in [0.2, 0.25) is 0 Å². The highest BCUT2D eigenvalue weighted by atomic mass is 32.2. The number of thioether (sulfide) groups is 1. The molecule has 2 N–H and O–H groups in total. The minimum atomic E-state index is 0.257. The third-order valence-corrected chi connectivity index (χ3v) is 7.79. The van der Waals surface area contributed by atoms with Crippen molar-refractivity contribution in [2.24, 2.45) is 17.1 Å². The summed E-state index contributed by atoms with van der Waals surface area (Å²) in [4.78, 5) is 5.40. The van der Waals surface area contributed by atoms with E-state index in [1.54, 1.807) is 0 Å². The largest absolute Gasteiger partial charge is 0.329 e. The van der Waals surface area contributed by atoms with E-state index < -0.39 is 0 Å². The minimum absolute atomic E-state index is 0.257. The molecule has 0 aromatic carbocycles. The SMILES string of the molecule is CN1CCCC2CN(C3(CN)CSCC(C)(C)C3)CCC21. The molecular weight excluding hydrogens is 278 g/mol. The summed E-state index contributed by atoms with van der Waals surface area (Å²) < 4.78 is 0. The predicted molar refractivity (Wildman–Crippen MR) is 92.8 cm³/mol. The highest BCUT2D eigenvalue weighted by molar-refractivity contribution is 7.99. The lowest BCUT2D eigenvalue weighted by Gasteiger charge is -2.55. The Balaban J connectivity index is 1.73. The summed E-state index contributed by atoms with van der Waals surface area (Å²) in [5.41, 5.74) is 7.01. The van der Waals surface area contributed by atoms with E-state index in [0.29, 0.717) is 5.41 Å². The molecular formula is C17H33N3S. The van der Waals surface area contributed by atoms with Crippen LogP contribution in [0.3, 0.4) is 0 Å². The molecule has 3 nitrogen and oxygen atoms in total. The first-order valence-electron chi connectivity index (χ1n) is 8.69. The van der Waals surface area contributed by atoms with Gasteiger partial charge in [0, 0.05) is 37.0 Å². The van der Waals surface area contributed by atoms with Crippen LogP contribution in [-0.2, 0) is 0 Å². The molecule has 0 bridgehead atoms. The lowest BCUT2D eigenvalue weighted by Crippen LogP contribution is -2.65. The molecule has 4 heteroatoms.